The van der Waals surface area contributed by atoms with E-state index in [1.54, 1.807) is 19.2 Å². The molecule has 4 aromatic carbocycles. The Hall–Kier alpha value is -4.71. The van der Waals surface area contributed by atoms with Crippen molar-refractivity contribution in [2.45, 2.75) is 18.9 Å². The number of fused-ring (bicyclic) bond motifs is 1. The summed E-state index contributed by atoms with van der Waals surface area (Å²) in [5.74, 6) is -0.957. The number of aromatic amines is 1. The van der Waals surface area contributed by atoms with E-state index in [0.29, 0.717) is 10.9 Å². The Morgan fingerprint density at radius 2 is 1.39 bits per heavy atom. The molecular weight excluding hydrogens is 479 g/mol. The van der Waals surface area contributed by atoms with E-state index in [9.17, 15) is 9.18 Å². The third kappa shape index (κ3) is 4.93. The molecule has 0 amide bonds. The molecule has 0 saturated carbocycles. The van der Waals surface area contributed by atoms with Crippen molar-refractivity contribution in [3.63, 3.8) is 0 Å². The van der Waals surface area contributed by atoms with Crippen molar-refractivity contribution in [2.75, 3.05) is 6.61 Å². The third-order valence-corrected chi connectivity index (χ3v) is 6.43. The second kappa shape index (κ2) is 11.1. The summed E-state index contributed by atoms with van der Waals surface area (Å²) >= 11 is 0. The molecule has 0 radical (unpaired) electrons. The summed E-state index contributed by atoms with van der Waals surface area (Å²) in [4.78, 5) is 22.7. The van der Waals surface area contributed by atoms with Gasteiger partial charge in [-0.25, -0.2) is 9.18 Å². The molecule has 0 unspecified atom stereocenters. The van der Waals surface area contributed by atoms with Gasteiger partial charge in [-0.05, 0) is 30.7 Å². The first-order valence-corrected chi connectivity index (χ1v) is 12.5. The van der Waals surface area contributed by atoms with Crippen molar-refractivity contribution >= 4 is 22.6 Å². The summed E-state index contributed by atoms with van der Waals surface area (Å²) < 4.78 is 19.4. The molecule has 1 heterocycles. The number of carbonyl (C=O) groups is 1. The Morgan fingerprint density at radius 1 is 0.842 bits per heavy atom. The molecule has 0 aliphatic carbocycles. The predicted molar refractivity (Wildman–Crippen MR) is 146 cm³/mol. The van der Waals surface area contributed by atoms with Gasteiger partial charge in [0.2, 0.25) is 5.60 Å². The van der Waals surface area contributed by atoms with E-state index < -0.39 is 11.6 Å². The number of benzene rings is 4. The number of nitrogens with one attached hydrogen (secondary N) is 1. The van der Waals surface area contributed by atoms with Crippen LogP contribution in [0.4, 0.5) is 4.39 Å². The summed E-state index contributed by atoms with van der Waals surface area (Å²) in [7, 11) is 0. The van der Waals surface area contributed by atoms with Crippen molar-refractivity contribution < 1.29 is 18.8 Å². The first kappa shape index (κ1) is 25.0. The molecule has 5 aromatic rings. The van der Waals surface area contributed by atoms with Crippen LogP contribution in [-0.2, 0) is 26.4 Å². The zero-order valence-electron chi connectivity index (χ0n) is 20.9. The van der Waals surface area contributed by atoms with Crippen LogP contribution in [0.2, 0.25) is 0 Å². The summed E-state index contributed by atoms with van der Waals surface area (Å²) in [5, 5.41) is 5.15. The molecule has 0 spiro atoms. The standard InChI is InChI=1S/C32H27FN2O3/c1-2-37-31(36)30(20-23-22-34-29-19-18-27(33)21-28(23)29)35-38-32(24-12-6-3-7-13-24,25-14-8-4-9-15-25)26-16-10-5-11-17-26/h3-19,21-22,34H,2,20H2,1H3/b35-30+. The summed E-state index contributed by atoms with van der Waals surface area (Å²) in [6.45, 7) is 1.92. The Kier molecular flexibility index (Phi) is 7.31. The van der Waals surface area contributed by atoms with Crippen LogP contribution < -0.4 is 0 Å². The van der Waals surface area contributed by atoms with Crippen molar-refractivity contribution in [3.8, 4) is 0 Å². The molecule has 0 saturated heterocycles. The Labute approximate surface area is 220 Å². The van der Waals surface area contributed by atoms with E-state index in [-0.39, 0.29) is 24.6 Å². The second-order valence-electron chi connectivity index (χ2n) is 8.81. The molecule has 0 bridgehead atoms. The fourth-order valence-electron chi connectivity index (χ4n) is 4.63. The molecule has 38 heavy (non-hydrogen) atoms. The molecule has 1 aromatic heterocycles. The molecule has 1 N–H and O–H groups in total. The molecular formula is C32H27FN2O3. The van der Waals surface area contributed by atoms with Gasteiger partial charge >= 0.3 is 5.97 Å². The SMILES string of the molecule is CCOC(=O)/C(Cc1c[nH]c2ccc(F)cc12)=N/OC(c1ccccc1)(c1ccccc1)c1ccccc1. The lowest BCUT2D eigenvalue weighted by molar-refractivity contribution is -0.135. The van der Waals surface area contributed by atoms with E-state index in [1.807, 2.05) is 91.0 Å². The number of oxime groups is 1. The van der Waals surface area contributed by atoms with Gasteiger partial charge in [0, 0.05) is 40.2 Å². The van der Waals surface area contributed by atoms with Crippen molar-refractivity contribution in [1.82, 2.24) is 4.98 Å². The summed E-state index contributed by atoms with van der Waals surface area (Å²) in [5.41, 5.74) is 2.94. The van der Waals surface area contributed by atoms with Crippen LogP contribution >= 0.6 is 0 Å². The average molecular weight is 507 g/mol. The van der Waals surface area contributed by atoms with Crippen LogP contribution in [0.5, 0.6) is 0 Å². The maximum atomic E-state index is 14.0. The normalized spacial score (nSPS) is 11.9. The van der Waals surface area contributed by atoms with Crippen molar-refractivity contribution in [2.24, 2.45) is 5.16 Å². The molecule has 0 fully saturated rings. The first-order valence-electron chi connectivity index (χ1n) is 12.5. The van der Waals surface area contributed by atoms with Gasteiger partial charge in [0.15, 0.2) is 5.71 Å². The fourth-order valence-corrected chi connectivity index (χ4v) is 4.63. The highest BCUT2D eigenvalue weighted by atomic mass is 19.1. The number of ether oxygens (including phenoxy) is 1. The van der Waals surface area contributed by atoms with Gasteiger partial charge in [-0.1, -0.05) is 96.2 Å². The van der Waals surface area contributed by atoms with E-state index in [2.05, 4.69) is 10.1 Å². The minimum absolute atomic E-state index is 0.0733. The average Bonchev–Trinajstić information content (AvgIpc) is 3.36. The van der Waals surface area contributed by atoms with Crippen molar-refractivity contribution in [3.05, 3.63) is 143 Å². The van der Waals surface area contributed by atoms with Gasteiger partial charge < -0.3 is 14.6 Å². The van der Waals surface area contributed by atoms with E-state index in [4.69, 9.17) is 9.57 Å². The quantitative estimate of drug-likeness (QED) is 0.104. The molecule has 0 aliphatic heterocycles. The Balaban J connectivity index is 1.65. The van der Waals surface area contributed by atoms with Crippen LogP contribution in [0.1, 0.15) is 29.2 Å². The van der Waals surface area contributed by atoms with E-state index in [1.165, 1.54) is 12.1 Å². The number of rotatable bonds is 9. The van der Waals surface area contributed by atoms with Gasteiger partial charge in [-0.3, -0.25) is 0 Å². The highest BCUT2D eigenvalue weighted by Crippen LogP contribution is 2.40. The second-order valence-corrected chi connectivity index (χ2v) is 8.81. The van der Waals surface area contributed by atoms with E-state index >= 15 is 0 Å². The smallest absolute Gasteiger partial charge is 0.356 e. The van der Waals surface area contributed by atoms with E-state index in [0.717, 1.165) is 22.2 Å². The zero-order valence-corrected chi connectivity index (χ0v) is 20.9. The molecule has 0 aliphatic rings. The Bertz CT molecular complexity index is 1450. The van der Waals surface area contributed by atoms with Crippen LogP contribution in [0, 0.1) is 5.82 Å². The number of halogens is 1. The van der Waals surface area contributed by atoms with Gasteiger partial charge in [0.25, 0.3) is 0 Å². The number of hydrogen-bond donors (Lipinski definition) is 1. The maximum Gasteiger partial charge on any atom is 0.356 e. The molecule has 6 heteroatoms. The van der Waals surface area contributed by atoms with Crippen molar-refractivity contribution in [1.29, 1.82) is 0 Å². The van der Waals surface area contributed by atoms with Crippen LogP contribution in [0.15, 0.2) is 121 Å². The summed E-state index contributed by atoms with van der Waals surface area (Å²) in [6, 6.07) is 33.8. The van der Waals surface area contributed by atoms with Gasteiger partial charge in [0.1, 0.15) is 5.82 Å². The summed E-state index contributed by atoms with van der Waals surface area (Å²) in [6.07, 6.45) is 1.84. The predicted octanol–water partition coefficient (Wildman–Crippen LogP) is 6.78. The monoisotopic (exact) mass is 506 g/mol. The highest BCUT2D eigenvalue weighted by molar-refractivity contribution is 6.37. The number of carbonyl (C=O) groups excluding carboxylic acids is 1. The number of H-pyrrole nitrogens is 1. The van der Waals surface area contributed by atoms with Gasteiger partial charge in [-0.15, -0.1) is 0 Å². The molecule has 190 valence electrons. The topological polar surface area (TPSA) is 63.7 Å². The molecule has 5 nitrogen and oxygen atoms in total. The fraction of sp³-hybridized carbons (Fsp3) is 0.125. The minimum Gasteiger partial charge on any atom is -0.461 e. The number of esters is 1. The van der Waals surface area contributed by atoms with Crippen LogP contribution in [0.25, 0.3) is 10.9 Å². The lowest BCUT2D eigenvalue weighted by Crippen LogP contribution is -2.32. The van der Waals surface area contributed by atoms with Gasteiger partial charge in [0.05, 0.1) is 6.61 Å². The van der Waals surface area contributed by atoms with Crippen LogP contribution in [-0.4, -0.2) is 23.3 Å². The van der Waals surface area contributed by atoms with Crippen LogP contribution in [0.3, 0.4) is 0 Å². The van der Waals surface area contributed by atoms with Gasteiger partial charge in [-0.2, -0.15) is 0 Å². The number of aromatic nitrogens is 1. The number of nitrogens with zero attached hydrogens (tertiary/aromatic N) is 1. The zero-order chi connectivity index (χ0) is 26.4. The lowest BCUT2D eigenvalue weighted by Gasteiger charge is -2.33. The lowest BCUT2D eigenvalue weighted by atomic mass is 9.80. The maximum absolute atomic E-state index is 14.0. The minimum atomic E-state index is -1.14. The molecule has 5 rings (SSSR count). The molecule has 0 atom stereocenters. The first-order chi connectivity index (χ1) is 18.6. The number of hydrogen-bond acceptors (Lipinski definition) is 4. The Morgan fingerprint density at radius 3 is 1.92 bits per heavy atom. The third-order valence-electron chi connectivity index (χ3n) is 6.43. The highest BCUT2D eigenvalue weighted by Gasteiger charge is 2.40. The largest absolute Gasteiger partial charge is 0.461 e.